The summed E-state index contributed by atoms with van der Waals surface area (Å²) in [7, 11) is -3.93. The molecule has 2 aromatic carbocycles. The van der Waals surface area contributed by atoms with Crippen LogP contribution in [-0.4, -0.2) is 42.2 Å². The fraction of sp³-hybridized carbons (Fsp3) is 0.286. The maximum atomic E-state index is 13.0. The highest BCUT2D eigenvalue weighted by Gasteiger charge is 2.41. The van der Waals surface area contributed by atoms with Gasteiger partial charge in [-0.1, -0.05) is 30.3 Å². The van der Waals surface area contributed by atoms with Crippen molar-refractivity contribution in [1.29, 1.82) is 0 Å². The monoisotopic (exact) mass is 443 g/mol. The molecule has 9 nitrogen and oxygen atoms in total. The first-order valence-corrected chi connectivity index (χ1v) is 11.2. The molecule has 1 saturated heterocycles. The van der Waals surface area contributed by atoms with E-state index >= 15 is 0 Å². The summed E-state index contributed by atoms with van der Waals surface area (Å²) in [6.07, 6.45) is 0.326. The molecule has 31 heavy (non-hydrogen) atoms. The van der Waals surface area contributed by atoms with Gasteiger partial charge in [-0.15, -0.1) is 0 Å². The van der Waals surface area contributed by atoms with E-state index in [0.29, 0.717) is 5.56 Å². The predicted octanol–water partition coefficient (Wildman–Crippen LogP) is 0.418. The summed E-state index contributed by atoms with van der Waals surface area (Å²) in [5.41, 5.74) is 2.01. The summed E-state index contributed by atoms with van der Waals surface area (Å²) in [4.78, 5) is 37.8. The van der Waals surface area contributed by atoms with Gasteiger partial charge >= 0.3 is 0 Å². The number of amides is 3. The fourth-order valence-electron chi connectivity index (χ4n) is 3.83. The molecular formula is C21H21N3O6S. The van der Waals surface area contributed by atoms with Gasteiger partial charge in [0.2, 0.25) is 21.8 Å². The van der Waals surface area contributed by atoms with Gasteiger partial charge in [0.15, 0.2) is 0 Å². The number of carbonyl (C=O) groups excluding carboxylic acids is 3. The summed E-state index contributed by atoms with van der Waals surface area (Å²) >= 11 is 0. The third kappa shape index (κ3) is 4.09. The van der Waals surface area contributed by atoms with Crippen LogP contribution in [0.15, 0.2) is 47.4 Å². The van der Waals surface area contributed by atoms with E-state index < -0.39 is 27.9 Å². The quantitative estimate of drug-likeness (QED) is 0.554. The number of piperidine rings is 1. The van der Waals surface area contributed by atoms with Crippen LogP contribution in [0.2, 0.25) is 0 Å². The molecule has 0 radical (unpaired) electrons. The maximum Gasteiger partial charge on any atom is 0.255 e. The Bertz CT molecular complexity index is 1160. The van der Waals surface area contributed by atoms with Gasteiger partial charge in [-0.25, -0.2) is 13.1 Å². The molecule has 3 N–H and O–H groups in total. The number of fused-ring (bicyclic) bond motifs is 1. The molecule has 2 aliphatic rings. The van der Waals surface area contributed by atoms with Crippen molar-refractivity contribution in [3.05, 3.63) is 64.7 Å². The molecular weight excluding hydrogens is 422 g/mol. The number of hydrogen-bond donors (Lipinski definition) is 3. The number of benzene rings is 2. The Kier molecular flexibility index (Phi) is 5.61. The van der Waals surface area contributed by atoms with Crippen LogP contribution in [0.5, 0.6) is 0 Å². The summed E-state index contributed by atoms with van der Waals surface area (Å²) in [5, 5.41) is 11.3. The van der Waals surface area contributed by atoms with Gasteiger partial charge in [-0.05, 0) is 29.7 Å². The normalized spacial score (nSPS) is 18.8. The number of nitrogens with one attached hydrogen (secondary N) is 2. The van der Waals surface area contributed by atoms with E-state index in [0.717, 1.165) is 11.1 Å². The first-order valence-electron chi connectivity index (χ1n) is 9.75. The van der Waals surface area contributed by atoms with Gasteiger partial charge in [0.25, 0.3) is 5.91 Å². The zero-order valence-corrected chi connectivity index (χ0v) is 17.3. The molecule has 2 heterocycles. The number of hydrogen-bond acceptors (Lipinski definition) is 6. The van der Waals surface area contributed by atoms with Gasteiger partial charge in [0, 0.05) is 30.6 Å². The lowest BCUT2D eigenvalue weighted by Gasteiger charge is -2.29. The molecule has 0 saturated carbocycles. The number of aliphatic hydroxyl groups excluding tert-OH is 1. The number of carbonyl (C=O) groups is 3. The highest BCUT2D eigenvalue weighted by Crippen LogP contribution is 2.31. The minimum atomic E-state index is -3.93. The average molecular weight is 443 g/mol. The first kappa shape index (κ1) is 21.2. The number of rotatable bonds is 6. The lowest BCUT2D eigenvalue weighted by atomic mass is 10.0. The second kappa shape index (κ2) is 8.22. The van der Waals surface area contributed by atoms with Crippen LogP contribution in [0.25, 0.3) is 0 Å². The molecule has 1 atom stereocenters. The van der Waals surface area contributed by atoms with E-state index in [1.165, 1.54) is 23.1 Å². The fourth-order valence-corrected chi connectivity index (χ4v) is 5.10. The second-order valence-electron chi connectivity index (χ2n) is 7.48. The number of sulfonamides is 1. The lowest BCUT2D eigenvalue weighted by molar-refractivity contribution is -0.136. The van der Waals surface area contributed by atoms with Crippen LogP contribution in [-0.2, 0) is 39.3 Å². The van der Waals surface area contributed by atoms with Crippen LogP contribution in [0.4, 0.5) is 0 Å². The third-order valence-corrected chi connectivity index (χ3v) is 6.99. The van der Waals surface area contributed by atoms with Gasteiger partial charge in [0.05, 0.1) is 11.5 Å². The number of imide groups is 1. The van der Waals surface area contributed by atoms with Crippen molar-refractivity contribution in [1.82, 2.24) is 14.9 Å². The molecule has 1 unspecified atom stereocenters. The van der Waals surface area contributed by atoms with Gasteiger partial charge in [-0.3, -0.25) is 19.7 Å². The van der Waals surface area contributed by atoms with Gasteiger partial charge in [-0.2, -0.15) is 0 Å². The molecule has 0 aromatic heterocycles. The molecule has 0 aliphatic carbocycles. The van der Waals surface area contributed by atoms with E-state index in [-0.39, 0.29) is 48.9 Å². The molecule has 3 amide bonds. The Balaban J connectivity index is 1.56. The molecule has 2 aliphatic heterocycles. The highest BCUT2D eigenvalue weighted by atomic mass is 32.2. The summed E-state index contributed by atoms with van der Waals surface area (Å²) in [6.45, 7) is -0.0783. The van der Waals surface area contributed by atoms with Gasteiger partial charge < -0.3 is 10.0 Å². The maximum absolute atomic E-state index is 13.0. The summed E-state index contributed by atoms with van der Waals surface area (Å²) in [6, 6.07) is 10.5. The van der Waals surface area contributed by atoms with Crippen molar-refractivity contribution in [3.63, 3.8) is 0 Å². The molecule has 2 aromatic rings. The SMILES string of the molecule is O=C1CCC(N2Cc3c(cccc3S(=O)(=O)NCc3ccc(CO)cc3)C2=O)C(=O)N1. The lowest BCUT2D eigenvalue weighted by Crippen LogP contribution is -2.52. The smallest absolute Gasteiger partial charge is 0.255 e. The van der Waals surface area contributed by atoms with Crippen molar-refractivity contribution >= 4 is 27.7 Å². The average Bonchev–Trinajstić information content (AvgIpc) is 3.09. The van der Waals surface area contributed by atoms with E-state index in [2.05, 4.69) is 10.0 Å². The number of aliphatic hydroxyl groups is 1. The minimum Gasteiger partial charge on any atom is -0.392 e. The Labute approximate surface area is 179 Å². The van der Waals surface area contributed by atoms with Crippen molar-refractivity contribution in [2.45, 2.75) is 43.5 Å². The first-order chi connectivity index (χ1) is 14.8. The molecule has 10 heteroatoms. The third-order valence-electron chi connectivity index (χ3n) is 5.50. The van der Waals surface area contributed by atoms with E-state index in [1.807, 2.05) is 0 Å². The Morgan fingerprint density at radius 1 is 1.06 bits per heavy atom. The van der Waals surface area contributed by atoms with Crippen LogP contribution in [0.1, 0.15) is 39.9 Å². The van der Waals surface area contributed by atoms with E-state index in [9.17, 15) is 22.8 Å². The molecule has 4 rings (SSSR count). The molecule has 162 valence electrons. The van der Waals surface area contributed by atoms with E-state index in [4.69, 9.17) is 5.11 Å². The van der Waals surface area contributed by atoms with E-state index in [1.54, 1.807) is 24.3 Å². The summed E-state index contributed by atoms with van der Waals surface area (Å²) in [5.74, 6) is -1.36. The molecule has 0 bridgehead atoms. The zero-order valence-electron chi connectivity index (χ0n) is 16.5. The largest absolute Gasteiger partial charge is 0.392 e. The standard InChI is InChI=1S/C21H21N3O6S/c25-12-14-6-4-13(5-7-14)10-22-31(29,30)18-3-1-2-15-16(18)11-24(21(15)28)17-8-9-19(26)23-20(17)27/h1-7,17,22,25H,8-12H2,(H,23,26,27). The molecule has 1 fully saturated rings. The minimum absolute atomic E-state index is 0.0138. The van der Waals surface area contributed by atoms with Crippen LogP contribution >= 0.6 is 0 Å². The van der Waals surface area contributed by atoms with Crippen LogP contribution in [0.3, 0.4) is 0 Å². The Hall–Kier alpha value is -3.08. The number of nitrogens with zero attached hydrogens (tertiary/aromatic N) is 1. The van der Waals surface area contributed by atoms with Crippen molar-refractivity contribution in [2.24, 2.45) is 0 Å². The zero-order chi connectivity index (χ0) is 22.2. The van der Waals surface area contributed by atoms with Crippen molar-refractivity contribution in [3.8, 4) is 0 Å². The van der Waals surface area contributed by atoms with Crippen LogP contribution in [0, 0.1) is 0 Å². The van der Waals surface area contributed by atoms with Crippen molar-refractivity contribution < 1.29 is 27.9 Å². The van der Waals surface area contributed by atoms with Gasteiger partial charge in [0.1, 0.15) is 6.04 Å². The topological polar surface area (TPSA) is 133 Å². The Morgan fingerprint density at radius 2 is 1.77 bits per heavy atom. The predicted molar refractivity (Wildman–Crippen MR) is 109 cm³/mol. The van der Waals surface area contributed by atoms with Crippen LogP contribution < -0.4 is 10.0 Å². The Morgan fingerprint density at radius 3 is 2.45 bits per heavy atom. The molecule has 0 spiro atoms. The highest BCUT2D eigenvalue weighted by molar-refractivity contribution is 7.89. The summed E-state index contributed by atoms with van der Waals surface area (Å²) < 4.78 is 28.5. The second-order valence-corrected chi connectivity index (χ2v) is 9.22. The van der Waals surface area contributed by atoms with Crippen molar-refractivity contribution in [2.75, 3.05) is 0 Å².